The molecule has 0 saturated heterocycles. The van der Waals surface area contributed by atoms with Gasteiger partial charge in [-0.3, -0.25) is 0 Å². The van der Waals surface area contributed by atoms with Crippen molar-refractivity contribution in [3.05, 3.63) is 29.6 Å². The summed E-state index contributed by atoms with van der Waals surface area (Å²) >= 11 is 0. The van der Waals surface area contributed by atoms with Crippen molar-refractivity contribution in [1.82, 2.24) is 0 Å². The summed E-state index contributed by atoms with van der Waals surface area (Å²) in [6.45, 7) is 3.14. The highest BCUT2D eigenvalue weighted by Crippen LogP contribution is 2.31. The Morgan fingerprint density at radius 3 is 3.17 bits per heavy atom. The van der Waals surface area contributed by atoms with Crippen molar-refractivity contribution >= 4 is 5.69 Å². The lowest BCUT2D eigenvalue weighted by molar-refractivity contribution is 0.614. The van der Waals surface area contributed by atoms with E-state index in [4.69, 9.17) is 0 Å². The van der Waals surface area contributed by atoms with Crippen LogP contribution in [0.25, 0.3) is 0 Å². The zero-order valence-electron chi connectivity index (χ0n) is 7.10. The van der Waals surface area contributed by atoms with Crippen LogP contribution < -0.4 is 5.32 Å². The third kappa shape index (κ3) is 1.17. The van der Waals surface area contributed by atoms with Gasteiger partial charge in [0, 0.05) is 12.2 Å². The second-order valence-corrected chi connectivity index (χ2v) is 3.35. The van der Waals surface area contributed by atoms with Crippen molar-refractivity contribution in [1.29, 1.82) is 0 Å². The normalized spacial score (nSPS) is 21.3. The Kier molecular flexibility index (Phi) is 1.75. The first-order chi connectivity index (χ1) is 5.77. The number of anilines is 1. The molecule has 1 aliphatic rings. The van der Waals surface area contributed by atoms with Crippen LogP contribution in [0.2, 0.25) is 0 Å². The van der Waals surface area contributed by atoms with Crippen LogP contribution in [-0.2, 0) is 0 Å². The highest BCUT2D eigenvalue weighted by atomic mass is 19.1. The second kappa shape index (κ2) is 2.77. The predicted molar refractivity (Wildman–Crippen MR) is 47.9 cm³/mol. The van der Waals surface area contributed by atoms with Gasteiger partial charge >= 0.3 is 0 Å². The second-order valence-electron chi connectivity index (χ2n) is 3.35. The lowest BCUT2D eigenvalue weighted by Gasteiger charge is -2.23. The molecule has 12 heavy (non-hydrogen) atoms. The van der Waals surface area contributed by atoms with Crippen molar-refractivity contribution in [3.8, 4) is 0 Å². The SMILES string of the molecule is C[C@@H]1CCNc2ccc(F)cc21. The molecular weight excluding hydrogens is 153 g/mol. The van der Waals surface area contributed by atoms with Gasteiger partial charge in [0.15, 0.2) is 0 Å². The van der Waals surface area contributed by atoms with E-state index >= 15 is 0 Å². The monoisotopic (exact) mass is 165 g/mol. The summed E-state index contributed by atoms with van der Waals surface area (Å²) < 4.78 is 12.8. The van der Waals surface area contributed by atoms with E-state index < -0.39 is 0 Å². The third-order valence-corrected chi connectivity index (χ3v) is 2.44. The van der Waals surface area contributed by atoms with Gasteiger partial charge in [0.1, 0.15) is 5.82 Å². The van der Waals surface area contributed by atoms with Crippen LogP contribution in [0.15, 0.2) is 18.2 Å². The van der Waals surface area contributed by atoms with Crippen molar-refractivity contribution in [3.63, 3.8) is 0 Å². The van der Waals surface area contributed by atoms with Gasteiger partial charge in [0.2, 0.25) is 0 Å². The molecule has 64 valence electrons. The van der Waals surface area contributed by atoms with Crippen LogP contribution in [-0.4, -0.2) is 6.54 Å². The van der Waals surface area contributed by atoms with Gasteiger partial charge in [-0.15, -0.1) is 0 Å². The van der Waals surface area contributed by atoms with E-state index in [1.165, 1.54) is 6.07 Å². The van der Waals surface area contributed by atoms with Gasteiger partial charge in [-0.25, -0.2) is 4.39 Å². The number of fused-ring (bicyclic) bond motifs is 1. The van der Waals surface area contributed by atoms with Gasteiger partial charge < -0.3 is 5.32 Å². The average molecular weight is 165 g/mol. The molecule has 0 amide bonds. The van der Waals surface area contributed by atoms with Gasteiger partial charge in [-0.05, 0) is 36.1 Å². The summed E-state index contributed by atoms with van der Waals surface area (Å²) in [5, 5.41) is 3.25. The minimum absolute atomic E-state index is 0.135. The molecule has 2 rings (SSSR count). The Hall–Kier alpha value is -1.05. The number of halogens is 1. The van der Waals surface area contributed by atoms with Crippen molar-refractivity contribution < 1.29 is 4.39 Å². The number of hydrogen-bond donors (Lipinski definition) is 1. The molecule has 0 aromatic heterocycles. The van der Waals surface area contributed by atoms with Crippen molar-refractivity contribution in [2.45, 2.75) is 19.3 Å². The number of nitrogens with one attached hydrogen (secondary N) is 1. The number of hydrogen-bond acceptors (Lipinski definition) is 1. The van der Waals surface area contributed by atoms with E-state index in [0.717, 1.165) is 24.2 Å². The van der Waals surface area contributed by atoms with E-state index in [-0.39, 0.29) is 5.82 Å². The summed E-state index contributed by atoms with van der Waals surface area (Å²) in [4.78, 5) is 0. The van der Waals surface area contributed by atoms with Crippen LogP contribution in [0.1, 0.15) is 24.8 Å². The molecule has 0 fully saturated rings. The molecular formula is C10H12FN. The van der Waals surface area contributed by atoms with Crippen LogP contribution in [0.4, 0.5) is 10.1 Å². The van der Waals surface area contributed by atoms with Crippen LogP contribution in [0.3, 0.4) is 0 Å². The maximum Gasteiger partial charge on any atom is 0.123 e. The topological polar surface area (TPSA) is 12.0 Å². The standard InChI is InChI=1S/C10H12FN/c1-7-4-5-12-10-3-2-8(11)6-9(7)10/h2-3,6-7,12H,4-5H2,1H3/t7-/m1/s1. The largest absolute Gasteiger partial charge is 0.385 e. The highest BCUT2D eigenvalue weighted by molar-refractivity contribution is 5.54. The fourth-order valence-electron chi connectivity index (χ4n) is 1.68. The maximum atomic E-state index is 12.8. The zero-order valence-corrected chi connectivity index (χ0v) is 7.10. The highest BCUT2D eigenvalue weighted by Gasteiger charge is 2.15. The summed E-state index contributed by atoms with van der Waals surface area (Å²) in [6.07, 6.45) is 1.09. The lowest BCUT2D eigenvalue weighted by Crippen LogP contribution is -2.14. The summed E-state index contributed by atoms with van der Waals surface area (Å²) in [5.74, 6) is 0.348. The maximum absolute atomic E-state index is 12.8. The van der Waals surface area contributed by atoms with Gasteiger partial charge in [0.05, 0.1) is 0 Å². The summed E-state index contributed by atoms with van der Waals surface area (Å²) in [5.41, 5.74) is 2.20. The van der Waals surface area contributed by atoms with Gasteiger partial charge in [-0.2, -0.15) is 0 Å². The predicted octanol–water partition coefficient (Wildman–Crippen LogP) is 2.74. The summed E-state index contributed by atoms with van der Waals surface area (Å²) in [6, 6.07) is 4.95. The fraction of sp³-hybridized carbons (Fsp3) is 0.400. The first-order valence-electron chi connectivity index (χ1n) is 4.30. The average Bonchev–Trinajstić information content (AvgIpc) is 2.07. The fourth-order valence-corrected chi connectivity index (χ4v) is 1.68. The molecule has 1 atom stereocenters. The smallest absolute Gasteiger partial charge is 0.123 e. The number of benzene rings is 1. The van der Waals surface area contributed by atoms with E-state index in [2.05, 4.69) is 12.2 Å². The molecule has 0 saturated carbocycles. The Morgan fingerprint density at radius 1 is 1.50 bits per heavy atom. The first-order valence-corrected chi connectivity index (χ1v) is 4.30. The van der Waals surface area contributed by atoms with Crippen LogP contribution in [0, 0.1) is 5.82 Å². The van der Waals surface area contributed by atoms with E-state index in [1.807, 2.05) is 6.07 Å². The number of rotatable bonds is 0. The Labute approximate surface area is 71.6 Å². The Balaban J connectivity index is 2.47. The molecule has 0 bridgehead atoms. The van der Waals surface area contributed by atoms with E-state index in [9.17, 15) is 4.39 Å². The molecule has 1 nitrogen and oxygen atoms in total. The first kappa shape index (κ1) is 7.59. The molecule has 1 aliphatic heterocycles. The third-order valence-electron chi connectivity index (χ3n) is 2.44. The molecule has 0 unspecified atom stereocenters. The molecule has 0 radical (unpaired) electrons. The van der Waals surface area contributed by atoms with Crippen molar-refractivity contribution in [2.75, 3.05) is 11.9 Å². The molecule has 2 heteroatoms. The van der Waals surface area contributed by atoms with Gasteiger partial charge in [-0.1, -0.05) is 6.92 Å². The molecule has 0 aliphatic carbocycles. The zero-order chi connectivity index (χ0) is 8.55. The molecule has 1 N–H and O–H groups in total. The Morgan fingerprint density at radius 2 is 2.33 bits per heavy atom. The molecule has 1 aromatic carbocycles. The lowest BCUT2D eigenvalue weighted by atomic mass is 9.93. The van der Waals surface area contributed by atoms with E-state index in [1.54, 1.807) is 6.07 Å². The van der Waals surface area contributed by atoms with Crippen molar-refractivity contribution in [2.24, 2.45) is 0 Å². The molecule has 1 aromatic rings. The van der Waals surface area contributed by atoms with Gasteiger partial charge in [0.25, 0.3) is 0 Å². The van der Waals surface area contributed by atoms with Crippen LogP contribution in [0.5, 0.6) is 0 Å². The quantitative estimate of drug-likeness (QED) is 0.623. The Bertz CT molecular complexity index is 296. The minimum atomic E-state index is -0.135. The molecule has 0 spiro atoms. The molecule has 1 heterocycles. The summed E-state index contributed by atoms with van der Waals surface area (Å²) in [7, 11) is 0. The van der Waals surface area contributed by atoms with E-state index in [0.29, 0.717) is 5.92 Å². The minimum Gasteiger partial charge on any atom is -0.385 e. The van der Waals surface area contributed by atoms with Crippen LogP contribution >= 0.6 is 0 Å².